The Bertz CT molecular complexity index is 917. The Morgan fingerprint density at radius 1 is 1.19 bits per heavy atom. The number of aromatic nitrogens is 1. The molecule has 0 aliphatic carbocycles. The number of hydrogen-bond donors (Lipinski definition) is 1. The van der Waals surface area contributed by atoms with Gasteiger partial charge in [-0.1, -0.05) is 47.6 Å². The molecule has 0 atom stereocenters. The van der Waals surface area contributed by atoms with E-state index in [0.717, 1.165) is 27.2 Å². The van der Waals surface area contributed by atoms with Crippen molar-refractivity contribution in [3.05, 3.63) is 65.2 Å². The fourth-order valence-electron chi connectivity index (χ4n) is 2.56. The molecule has 26 heavy (non-hydrogen) atoms. The van der Waals surface area contributed by atoms with Crippen LogP contribution in [0.2, 0.25) is 5.02 Å². The van der Waals surface area contributed by atoms with E-state index in [2.05, 4.69) is 10.3 Å². The van der Waals surface area contributed by atoms with E-state index in [0.29, 0.717) is 23.7 Å². The second-order valence-corrected chi connectivity index (χ2v) is 7.22. The first-order valence-electron chi connectivity index (χ1n) is 8.28. The molecule has 3 aromatic rings. The molecule has 0 saturated carbocycles. The van der Waals surface area contributed by atoms with Crippen molar-refractivity contribution in [3.8, 4) is 0 Å². The third-order valence-corrected chi connectivity index (χ3v) is 4.91. The van der Waals surface area contributed by atoms with Crippen molar-refractivity contribution in [3.63, 3.8) is 0 Å². The zero-order chi connectivity index (χ0) is 18.4. The van der Waals surface area contributed by atoms with E-state index in [-0.39, 0.29) is 5.91 Å². The first-order valence-corrected chi connectivity index (χ1v) is 9.47. The van der Waals surface area contributed by atoms with Crippen LogP contribution in [0.3, 0.4) is 0 Å². The molecule has 0 unspecified atom stereocenters. The molecule has 1 heterocycles. The molecule has 0 aliphatic heterocycles. The average molecular weight is 387 g/mol. The van der Waals surface area contributed by atoms with Gasteiger partial charge in [0.15, 0.2) is 0 Å². The molecule has 1 amide bonds. The Labute approximate surface area is 161 Å². The molecule has 0 fully saturated rings. The van der Waals surface area contributed by atoms with Gasteiger partial charge in [-0.05, 0) is 36.8 Å². The Morgan fingerprint density at radius 3 is 2.85 bits per heavy atom. The zero-order valence-electron chi connectivity index (χ0n) is 14.4. The van der Waals surface area contributed by atoms with E-state index < -0.39 is 0 Å². The predicted octanol–water partition coefficient (Wildman–Crippen LogP) is 4.81. The molecule has 1 N–H and O–H groups in total. The maximum Gasteiger partial charge on any atom is 0.252 e. The molecule has 0 saturated heterocycles. The van der Waals surface area contributed by atoms with Gasteiger partial charge >= 0.3 is 0 Å². The number of carbonyl (C=O) groups excluding carboxylic acids is 1. The lowest BCUT2D eigenvalue weighted by Gasteiger charge is -2.10. The molecule has 0 aliphatic rings. The predicted molar refractivity (Wildman–Crippen MR) is 106 cm³/mol. The molecule has 6 heteroatoms. The van der Waals surface area contributed by atoms with Gasteiger partial charge in [0.1, 0.15) is 5.03 Å². The van der Waals surface area contributed by atoms with Crippen molar-refractivity contribution < 1.29 is 9.53 Å². The molecular weight excluding hydrogens is 368 g/mol. The number of nitrogens with zero attached hydrogens (tertiary/aromatic N) is 1. The van der Waals surface area contributed by atoms with Gasteiger partial charge in [0.25, 0.3) is 5.91 Å². The monoisotopic (exact) mass is 386 g/mol. The summed E-state index contributed by atoms with van der Waals surface area (Å²) >= 11 is 7.55. The van der Waals surface area contributed by atoms with Crippen LogP contribution in [0.15, 0.2) is 64.5 Å². The lowest BCUT2D eigenvalue weighted by atomic mass is 10.1. The standard InChI is InChI=1S/C20H19ClN2O2S/c1-25-11-5-10-22-20(24)17-13-19(23-18-9-3-2-8-16(17)18)26-15-7-4-6-14(21)12-15/h2-4,6-9,12-13H,5,10-11H2,1H3,(H,22,24). The highest BCUT2D eigenvalue weighted by atomic mass is 35.5. The number of methoxy groups -OCH3 is 1. The van der Waals surface area contributed by atoms with Gasteiger partial charge in [-0.3, -0.25) is 4.79 Å². The van der Waals surface area contributed by atoms with Gasteiger partial charge in [0.05, 0.1) is 11.1 Å². The summed E-state index contributed by atoms with van der Waals surface area (Å²) in [5.74, 6) is -0.104. The maximum atomic E-state index is 12.7. The highest BCUT2D eigenvalue weighted by Crippen LogP contribution is 2.31. The van der Waals surface area contributed by atoms with Gasteiger partial charge in [-0.15, -0.1) is 0 Å². The number of hydrogen-bond acceptors (Lipinski definition) is 4. The molecule has 4 nitrogen and oxygen atoms in total. The minimum absolute atomic E-state index is 0.104. The minimum atomic E-state index is -0.104. The summed E-state index contributed by atoms with van der Waals surface area (Å²) in [5.41, 5.74) is 1.42. The smallest absolute Gasteiger partial charge is 0.252 e. The van der Waals surface area contributed by atoms with Crippen molar-refractivity contribution in [1.29, 1.82) is 0 Å². The summed E-state index contributed by atoms with van der Waals surface area (Å²) in [5, 5.41) is 5.22. The normalized spacial score (nSPS) is 10.8. The average Bonchev–Trinajstić information content (AvgIpc) is 2.64. The topological polar surface area (TPSA) is 51.2 Å². The highest BCUT2D eigenvalue weighted by molar-refractivity contribution is 7.99. The third kappa shape index (κ3) is 4.75. The molecule has 3 rings (SSSR count). The van der Waals surface area contributed by atoms with E-state index in [1.54, 1.807) is 7.11 Å². The van der Waals surface area contributed by atoms with Crippen LogP contribution < -0.4 is 5.32 Å². The van der Waals surface area contributed by atoms with Gasteiger partial charge in [-0.25, -0.2) is 4.98 Å². The van der Waals surface area contributed by atoms with Crippen molar-refractivity contribution in [2.24, 2.45) is 0 Å². The SMILES string of the molecule is COCCCNC(=O)c1cc(Sc2cccc(Cl)c2)nc2ccccc12. The maximum absolute atomic E-state index is 12.7. The van der Waals surface area contributed by atoms with E-state index in [4.69, 9.17) is 16.3 Å². The Balaban J connectivity index is 1.89. The van der Waals surface area contributed by atoms with Gasteiger partial charge < -0.3 is 10.1 Å². The number of pyridine rings is 1. The Hall–Kier alpha value is -2.08. The number of amides is 1. The molecule has 0 radical (unpaired) electrons. The lowest BCUT2D eigenvalue weighted by molar-refractivity contribution is 0.0950. The molecule has 134 valence electrons. The van der Waals surface area contributed by atoms with E-state index in [1.807, 2.05) is 54.6 Å². The summed E-state index contributed by atoms with van der Waals surface area (Å²) < 4.78 is 5.02. The summed E-state index contributed by atoms with van der Waals surface area (Å²) in [6.45, 7) is 1.19. The minimum Gasteiger partial charge on any atom is -0.385 e. The van der Waals surface area contributed by atoms with Crippen molar-refractivity contribution in [2.45, 2.75) is 16.3 Å². The Kier molecular flexibility index (Phi) is 6.50. The number of para-hydroxylation sites is 1. The fourth-order valence-corrected chi connectivity index (χ4v) is 3.71. The zero-order valence-corrected chi connectivity index (χ0v) is 15.9. The van der Waals surface area contributed by atoms with E-state index >= 15 is 0 Å². The van der Waals surface area contributed by atoms with Crippen LogP contribution in [0.5, 0.6) is 0 Å². The van der Waals surface area contributed by atoms with Gasteiger partial charge in [0, 0.05) is 35.6 Å². The second kappa shape index (κ2) is 9.03. The van der Waals surface area contributed by atoms with E-state index in [1.165, 1.54) is 11.8 Å². The van der Waals surface area contributed by atoms with Crippen LogP contribution in [0.1, 0.15) is 16.8 Å². The molecule has 1 aromatic heterocycles. The third-order valence-electron chi connectivity index (χ3n) is 3.77. The number of ether oxygens (including phenoxy) is 1. The van der Waals surface area contributed by atoms with Crippen LogP contribution in [0, 0.1) is 0 Å². The summed E-state index contributed by atoms with van der Waals surface area (Å²) in [6.07, 6.45) is 0.773. The fraction of sp³-hybridized carbons (Fsp3) is 0.200. The molecule has 0 bridgehead atoms. The van der Waals surface area contributed by atoms with E-state index in [9.17, 15) is 4.79 Å². The van der Waals surface area contributed by atoms with Crippen LogP contribution in [0.25, 0.3) is 10.9 Å². The number of nitrogens with one attached hydrogen (secondary N) is 1. The van der Waals surface area contributed by atoms with Crippen molar-refractivity contribution >= 4 is 40.2 Å². The first-order chi connectivity index (χ1) is 12.7. The number of benzene rings is 2. The molecule has 0 spiro atoms. The number of carbonyl (C=O) groups is 1. The van der Waals surface area contributed by atoms with Crippen molar-refractivity contribution in [1.82, 2.24) is 10.3 Å². The number of rotatable bonds is 7. The summed E-state index contributed by atoms with van der Waals surface area (Å²) in [7, 11) is 1.65. The summed E-state index contributed by atoms with van der Waals surface area (Å²) in [4.78, 5) is 18.3. The second-order valence-electron chi connectivity index (χ2n) is 5.69. The van der Waals surface area contributed by atoms with Crippen molar-refractivity contribution in [2.75, 3.05) is 20.3 Å². The van der Waals surface area contributed by atoms with Crippen LogP contribution in [-0.4, -0.2) is 31.2 Å². The lowest BCUT2D eigenvalue weighted by Crippen LogP contribution is -2.25. The largest absolute Gasteiger partial charge is 0.385 e. The number of fused-ring (bicyclic) bond motifs is 1. The van der Waals surface area contributed by atoms with Crippen LogP contribution >= 0.6 is 23.4 Å². The molecular formula is C20H19ClN2O2S. The molecule has 2 aromatic carbocycles. The first kappa shape index (κ1) is 18.7. The van der Waals surface area contributed by atoms with Crippen LogP contribution in [-0.2, 0) is 4.74 Å². The quantitative estimate of drug-likeness (QED) is 0.592. The summed E-state index contributed by atoms with van der Waals surface area (Å²) in [6, 6.07) is 17.1. The van der Waals surface area contributed by atoms with Gasteiger partial charge in [-0.2, -0.15) is 0 Å². The Morgan fingerprint density at radius 2 is 2.04 bits per heavy atom. The van der Waals surface area contributed by atoms with Gasteiger partial charge in [0.2, 0.25) is 0 Å². The highest BCUT2D eigenvalue weighted by Gasteiger charge is 2.13. The number of halogens is 1. The van der Waals surface area contributed by atoms with Crippen LogP contribution in [0.4, 0.5) is 0 Å².